The van der Waals surface area contributed by atoms with Gasteiger partial charge in [-0.05, 0) is 12.3 Å². The van der Waals surface area contributed by atoms with E-state index in [4.69, 9.17) is 9.84 Å². The lowest BCUT2D eigenvalue weighted by atomic mass is 9.93. The van der Waals surface area contributed by atoms with Crippen LogP contribution in [0.1, 0.15) is 33.6 Å². The largest absolute Gasteiger partial charge is 0.392 e. The Labute approximate surface area is 88.0 Å². The molecule has 0 fully saturated rings. The van der Waals surface area contributed by atoms with Gasteiger partial charge in [-0.25, -0.2) is 0 Å². The van der Waals surface area contributed by atoms with Gasteiger partial charge in [0.2, 0.25) is 0 Å². The van der Waals surface area contributed by atoms with E-state index in [0.29, 0.717) is 11.8 Å². The van der Waals surface area contributed by atoms with Gasteiger partial charge >= 0.3 is 0 Å². The first-order valence-corrected chi connectivity index (χ1v) is 5.45. The fourth-order valence-electron chi connectivity index (χ4n) is 1.49. The van der Waals surface area contributed by atoms with Crippen molar-refractivity contribution in [3.63, 3.8) is 0 Å². The number of methoxy groups -OCH3 is 1. The van der Waals surface area contributed by atoms with Gasteiger partial charge < -0.3 is 9.84 Å². The van der Waals surface area contributed by atoms with Crippen molar-refractivity contribution in [2.75, 3.05) is 13.7 Å². The molecule has 0 bridgehead atoms. The normalized spacial score (nSPS) is 18.4. The summed E-state index contributed by atoms with van der Waals surface area (Å²) >= 11 is 0. The molecule has 0 aromatic heterocycles. The molecule has 0 aliphatic carbocycles. The third-order valence-corrected chi connectivity index (χ3v) is 2.77. The van der Waals surface area contributed by atoms with E-state index in [9.17, 15) is 0 Å². The standard InChI is InChI=1S/C12H24O2/c1-5-10(2)9-12(14-4)11(3)7-6-8-13/h6-7,10-13H,5,8-9H2,1-4H3/b7-6+. The third kappa shape index (κ3) is 5.40. The molecule has 0 heterocycles. The summed E-state index contributed by atoms with van der Waals surface area (Å²) in [5, 5.41) is 8.67. The molecule has 0 saturated carbocycles. The van der Waals surface area contributed by atoms with Crippen LogP contribution in [0.4, 0.5) is 0 Å². The van der Waals surface area contributed by atoms with Crippen LogP contribution in [0, 0.1) is 11.8 Å². The lowest BCUT2D eigenvalue weighted by Crippen LogP contribution is -2.21. The average molecular weight is 200 g/mol. The van der Waals surface area contributed by atoms with Crippen LogP contribution < -0.4 is 0 Å². The Morgan fingerprint density at radius 3 is 2.43 bits per heavy atom. The lowest BCUT2D eigenvalue weighted by Gasteiger charge is -2.22. The maximum atomic E-state index is 8.67. The molecule has 0 spiro atoms. The van der Waals surface area contributed by atoms with Crippen molar-refractivity contribution in [3.8, 4) is 0 Å². The second-order valence-corrected chi connectivity index (χ2v) is 3.99. The van der Waals surface area contributed by atoms with E-state index < -0.39 is 0 Å². The fourth-order valence-corrected chi connectivity index (χ4v) is 1.49. The highest BCUT2D eigenvalue weighted by Gasteiger charge is 2.16. The van der Waals surface area contributed by atoms with Gasteiger partial charge in [-0.1, -0.05) is 39.3 Å². The van der Waals surface area contributed by atoms with Crippen LogP contribution in [0.5, 0.6) is 0 Å². The Kier molecular flexibility index (Phi) is 7.81. The third-order valence-electron chi connectivity index (χ3n) is 2.77. The molecule has 0 amide bonds. The van der Waals surface area contributed by atoms with Gasteiger partial charge in [0.05, 0.1) is 12.7 Å². The number of rotatable bonds is 7. The molecule has 1 N–H and O–H groups in total. The fraction of sp³-hybridized carbons (Fsp3) is 0.833. The van der Waals surface area contributed by atoms with Crippen LogP contribution in [0.3, 0.4) is 0 Å². The average Bonchev–Trinajstić information content (AvgIpc) is 2.21. The number of hydrogen-bond acceptors (Lipinski definition) is 2. The van der Waals surface area contributed by atoms with Gasteiger partial charge in [0.25, 0.3) is 0 Å². The molecule has 0 aromatic carbocycles. The minimum absolute atomic E-state index is 0.115. The summed E-state index contributed by atoms with van der Waals surface area (Å²) in [5.41, 5.74) is 0. The van der Waals surface area contributed by atoms with Gasteiger partial charge in [0.1, 0.15) is 0 Å². The van der Waals surface area contributed by atoms with Crippen molar-refractivity contribution in [2.45, 2.75) is 39.7 Å². The first-order chi connectivity index (χ1) is 6.65. The number of hydrogen-bond donors (Lipinski definition) is 1. The van der Waals surface area contributed by atoms with E-state index in [1.54, 1.807) is 13.2 Å². The van der Waals surface area contributed by atoms with E-state index in [1.165, 1.54) is 6.42 Å². The molecule has 0 aliphatic rings. The van der Waals surface area contributed by atoms with Gasteiger partial charge in [0.15, 0.2) is 0 Å². The SMILES string of the molecule is CCC(C)CC(OC)C(C)/C=C/CO. The smallest absolute Gasteiger partial charge is 0.0633 e. The Bertz CT molecular complexity index is 154. The van der Waals surface area contributed by atoms with Crippen LogP contribution in [0.15, 0.2) is 12.2 Å². The molecule has 84 valence electrons. The van der Waals surface area contributed by atoms with E-state index in [2.05, 4.69) is 20.8 Å². The summed E-state index contributed by atoms with van der Waals surface area (Å²) in [6.07, 6.45) is 6.36. The van der Waals surface area contributed by atoms with E-state index in [0.717, 1.165) is 6.42 Å². The summed E-state index contributed by atoms with van der Waals surface area (Å²) in [6, 6.07) is 0. The predicted octanol–water partition coefficient (Wildman–Crippen LogP) is 2.62. The summed E-state index contributed by atoms with van der Waals surface area (Å²) in [5.74, 6) is 1.08. The van der Waals surface area contributed by atoms with Crippen molar-refractivity contribution in [1.82, 2.24) is 0 Å². The van der Waals surface area contributed by atoms with Gasteiger partial charge in [0, 0.05) is 13.0 Å². The van der Waals surface area contributed by atoms with Crippen molar-refractivity contribution in [3.05, 3.63) is 12.2 Å². The maximum absolute atomic E-state index is 8.67. The molecular weight excluding hydrogens is 176 g/mol. The molecule has 0 saturated heterocycles. The highest BCUT2D eigenvalue weighted by molar-refractivity contribution is 4.90. The molecule has 0 rings (SSSR count). The van der Waals surface area contributed by atoms with Crippen molar-refractivity contribution >= 4 is 0 Å². The molecule has 14 heavy (non-hydrogen) atoms. The van der Waals surface area contributed by atoms with Gasteiger partial charge in [-0.15, -0.1) is 0 Å². The zero-order chi connectivity index (χ0) is 11.0. The van der Waals surface area contributed by atoms with E-state index in [1.807, 2.05) is 6.08 Å². The minimum Gasteiger partial charge on any atom is -0.392 e. The first-order valence-electron chi connectivity index (χ1n) is 5.45. The zero-order valence-electron chi connectivity index (χ0n) is 9.86. The molecule has 3 unspecified atom stereocenters. The lowest BCUT2D eigenvalue weighted by molar-refractivity contribution is 0.0546. The second kappa shape index (κ2) is 8.01. The summed E-state index contributed by atoms with van der Waals surface area (Å²) in [4.78, 5) is 0. The zero-order valence-corrected chi connectivity index (χ0v) is 9.86. The molecule has 0 aromatic rings. The van der Waals surface area contributed by atoms with E-state index in [-0.39, 0.29) is 12.7 Å². The number of ether oxygens (including phenoxy) is 1. The van der Waals surface area contributed by atoms with Crippen LogP contribution in [0.2, 0.25) is 0 Å². The van der Waals surface area contributed by atoms with Gasteiger partial charge in [-0.2, -0.15) is 0 Å². The first kappa shape index (κ1) is 13.7. The molecule has 2 nitrogen and oxygen atoms in total. The molecule has 3 atom stereocenters. The second-order valence-electron chi connectivity index (χ2n) is 3.99. The van der Waals surface area contributed by atoms with Crippen LogP contribution in [-0.4, -0.2) is 24.9 Å². The minimum atomic E-state index is 0.115. The maximum Gasteiger partial charge on any atom is 0.0633 e. The number of aliphatic hydroxyl groups is 1. The topological polar surface area (TPSA) is 29.5 Å². The number of aliphatic hydroxyl groups excluding tert-OH is 1. The monoisotopic (exact) mass is 200 g/mol. The summed E-state index contributed by atoms with van der Waals surface area (Å²) in [6.45, 7) is 6.69. The summed E-state index contributed by atoms with van der Waals surface area (Å²) < 4.78 is 5.45. The molecule has 0 radical (unpaired) electrons. The highest BCUT2D eigenvalue weighted by atomic mass is 16.5. The molecule has 2 heteroatoms. The van der Waals surface area contributed by atoms with Crippen LogP contribution in [0.25, 0.3) is 0 Å². The van der Waals surface area contributed by atoms with Crippen molar-refractivity contribution in [2.24, 2.45) is 11.8 Å². The molecular formula is C12H24O2. The van der Waals surface area contributed by atoms with Crippen molar-refractivity contribution < 1.29 is 9.84 Å². The highest BCUT2D eigenvalue weighted by Crippen LogP contribution is 2.19. The Morgan fingerprint density at radius 1 is 1.36 bits per heavy atom. The van der Waals surface area contributed by atoms with E-state index >= 15 is 0 Å². The quantitative estimate of drug-likeness (QED) is 0.640. The Hall–Kier alpha value is -0.340. The Balaban J connectivity index is 4.04. The van der Waals surface area contributed by atoms with Crippen molar-refractivity contribution in [1.29, 1.82) is 0 Å². The van der Waals surface area contributed by atoms with Crippen LogP contribution in [-0.2, 0) is 4.74 Å². The molecule has 0 aliphatic heterocycles. The Morgan fingerprint density at radius 2 is 2.00 bits per heavy atom. The van der Waals surface area contributed by atoms with Crippen LogP contribution >= 0.6 is 0 Å². The predicted molar refractivity (Wildman–Crippen MR) is 60.3 cm³/mol. The van der Waals surface area contributed by atoms with Gasteiger partial charge in [-0.3, -0.25) is 0 Å². The summed E-state index contributed by atoms with van der Waals surface area (Å²) in [7, 11) is 1.76.